The van der Waals surface area contributed by atoms with Crippen molar-refractivity contribution in [3.05, 3.63) is 29.8 Å². The maximum absolute atomic E-state index is 12.1. The Hall–Kier alpha value is -2.08. The smallest absolute Gasteiger partial charge is 0.305 e. The molecule has 6 nitrogen and oxygen atoms in total. The second-order valence-corrected chi connectivity index (χ2v) is 5.12. The average molecular weight is 293 g/mol. The van der Waals surface area contributed by atoms with E-state index in [1.807, 2.05) is 50.2 Å². The van der Waals surface area contributed by atoms with Crippen molar-refractivity contribution < 1.29 is 14.7 Å². The van der Waals surface area contributed by atoms with Gasteiger partial charge in [-0.05, 0) is 24.6 Å². The zero-order valence-corrected chi connectivity index (χ0v) is 12.7. The van der Waals surface area contributed by atoms with E-state index in [0.29, 0.717) is 13.1 Å². The third-order valence-electron chi connectivity index (χ3n) is 3.23. The van der Waals surface area contributed by atoms with Crippen LogP contribution >= 0.6 is 0 Å². The minimum Gasteiger partial charge on any atom is -0.481 e. The number of benzene rings is 1. The molecule has 0 saturated carbocycles. The number of aliphatic carboxylic acids is 1. The van der Waals surface area contributed by atoms with Crippen molar-refractivity contribution in [1.82, 2.24) is 4.90 Å². The summed E-state index contributed by atoms with van der Waals surface area (Å²) in [6, 6.07) is 6.86. The van der Waals surface area contributed by atoms with Crippen molar-refractivity contribution in [2.45, 2.75) is 25.9 Å². The lowest BCUT2D eigenvalue weighted by molar-refractivity contribution is -0.142. The molecular formula is C15H23N3O3. The van der Waals surface area contributed by atoms with Crippen LogP contribution in [-0.2, 0) is 16.1 Å². The van der Waals surface area contributed by atoms with Crippen LogP contribution in [0.15, 0.2) is 24.3 Å². The predicted octanol–water partition coefficient (Wildman–Crippen LogP) is 0.903. The van der Waals surface area contributed by atoms with Gasteiger partial charge in [0.2, 0.25) is 5.91 Å². The number of carboxylic acid groups (broad SMARTS) is 1. The Morgan fingerprint density at radius 3 is 2.24 bits per heavy atom. The third kappa shape index (κ3) is 5.07. The summed E-state index contributed by atoms with van der Waals surface area (Å²) in [6.45, 7) is 2.76. The van der Waals surface area contributed by atoms with Crippen LogP contribution in [0.25, 0.3) is 0 Å². The topological polar surface area (TPSA) is 86.9 Å². The molecule has 0 bridgehead atoms. The molecule has 6 heteroatoms. The van der Waals surface area contributed by atoms with E-state index in [0.717, 1.165) is 11.3 Å². The Kier molecular flexibility index (Phi) is 6.17. The molecule has 1 unspecified atom stereocenters. The molecule has 0 heterocycles. The number of amides is 1. The van der Waals surface area contributed by atoms with Gasteiger partial charge in [-0.3, -0.25) is 9.59 Å². The molecule has 0 aliphatic rings. The quantitative estimate of drug-likeness (QED) is 0.780. The molecule has 0 spiro atoms. The number of hydrogen-bond acceptors (Lipinski definition) is 4. The Morgan fingerprint density at radius 2 is 1.81 bits per heavy atom. The summed E-state index contributed by atoms with van der Waals surface area (Å²) in [4.78, 5) is 26.3. The predicted molar refractivity (Wildman–Crippen MR) is 82.1 cm³/mol. The van der Waals surface area contributed by atoms with Crippen molar-refractivity contribution in [3.63, 3.8) is 0 Å². The highest BCUT2D eigenvalue weighted by molar-refractivity contribution is 5.85. The van der Waals surface area contributed by atoms with E-state index >= 15 is 0 Å². The summed E-state index contributed by atoms with van der Waals surface area (Å²) in [7, 11) is 3.92. The molecule has 0 fully saturated rings. The van der Waals surface area contributed by atoms with Gasteiger partial charge in [0.25, 0.3) is 0 Å². The third-order valence-corrected chi connectivity index (χ3v) is 3.23. The van der Waals surface area contributed by atoms with Crippen LogP contribution in [0.1, 0.15) is 18.9 Å². The first kappa shape index (κ1) is 17.0. The van der Waals surface area contributed by atoms with E-state index in [9.17, 15) is 9.59 Å². The summed E-state index contributed by atoms with van der Waals surface area (Å²) in [5.41, 5.74) is 7.70. The van der Waals surface area contributed by atoms with Gasteiger partial charge in [-0.15, -0.1) is 0 Å². The maximum atomic E-state index is 12.1. The molecule has 0 saturated heterocycles. The maximum Gasteiger partial charge on any atom is 0.305 e. The minimum absolute atomic E-state index is 0.336. The number of carboxylic acids is 1. The van der Waals surface area contributed by atoms with Gasteiger partial charge in [0.05, 0.1) is 12.5 Å². The standard InChI is InChI=1S/C15H23N3O3/c1-4-18(15(21)13(16)9-14(19)20)10-11-5-7-12(8-6-11)17(2)3/h5-8,13H,4,9-10,16H2,1-3H3,(H,19,20). The molecule has 1 atom stereocenters. The Balaban J connectivity index is 2.73. The number of anilines is 1. The fraction of sp³-hybridized carbons (Fsp3) is 0.467. The highest BCUT2D eigenvalue weighted by Crippen LogP contribution is 2.14. The van der Waals surface area contributed by atoms with Crippen molar-refractivity contribution in [2.75, 3.05) is 25.5 Å². The minimum atomic E-state index is -1.07. The van der Waals surface area contributed by atoms with Crippen LogP contribution < -0.4 is 10.6 Å². The first-order valence-electron chi connectivity index (χ1n) is 6.87. The van der Waals surface area contributed by atoms with Crippen molar-refractivity contribution >= 4 is 17.6 Å². The van der Waals surface area contributed by atoms with E-state index < -0.39 is 12.0 Å². The molecule has 1 rings (SSSR count). The lowest BCUT2D eigenvalue weighted by Gasteiger charge is -2.24. The van der Waals surface area contributed by atoms with Crippen LogP contribution in [0, 0.1) is 0 Å². The van der Waals surface area contributed by atoms with Crippen molar-refractivity contribution in [3.8, 4) is 0 Å². The highest BCUT2D eigenvalue weighted by Gasteiger charge is 2.22. The number of hydrogen-bond donors (Lipinski definition) is 2. The molecule has 21 heavy (non-hydrogen) atoms. The molecule has 0 aliphatic heterocycles. The largest absolute Gasteiger partial charge is 0.481 e. The second kappa shape index (κ2) is 7.64. The lowest BCUT2D eigenvalue weighted by atomic mass is 10.1. The summed E-state index contributed by atoms with van der Waals surface area (Å²) < 4.78 is 0. The summed E-state index contributed by atoms with van der Waals surface area (Å²) >= 11 is 0. The molecule has 1 aromatic rings. The van der Waals surface area contributed by atoms with Gasteiger partial charge < -0.3 is 20.6 Å². The van der Waals surface area contributed by atoms with E-state index in [2.05, 4.69) is 0 Å². The first-order chi connectivity index (χ1) is 9.85. The zero-order chi connectivity index (χ0) is 16.0. The van der Waals surface area contributed by atoms with Crippen LogP contribution in [0.5, 0.6) is 0 Å². The number of carbonyl (C=O) groups is 2. The Bertz CT molecular complexity index is 485. The van der Waals surface area contributed by atoms with E-state index in [4.69, 9.17) is 10.8 Å². The first-order valence-corrected chi connectivity index (χ1v) is 6.87. The number of nitrogens with zero attached hydrogens (tertiary/aromatic N) is 2. The van der Waals surface area contributed by atoms with Gasteiger partial charge >= 0.3 is 5.97 Å². The molecule has 3 N–H and O–H groups in total. The zero-order valence-electron chi connectivity index (χ0n) is 12.7. The van der Waals surface area contributed by atoms with Crippen LogP contribution in [0.4, 0.5) is 5.69 Å². The Labute approximate surface area is 125 Å². The number of nitrogens with two attached hydrogens (primary N) is 1. The van der Waals surface area contributed by atoms with Gasteiger partial charge in [-0.2, -0.15) is 0 Å². The van der Waals surface area contributed by atoms with Crippen LogP contribution in [0.3, 0.4) is 0 Å². The van der Waals surface area contributed by atoms with Crippen LogP contribution in [-0.4, -0.2) is 48.6 Å². The summed E-state index contributed by atoms with van der Waals surface area (Å²) in [6.07, 6.45) is -0.352. The SMILES string of the molecule is CCN(Cc1ccc(N(C)C)cc1)C(=O)C(N)CC(=O)O. The van der Waals surface area contributed by atoms with E-state index in [1.54, 1.807) is 4.90 Å². The van der Waals surface area contributed by atoms with E-state index in [1.165, 1.54) is 0 Å². The number of rotatable bonds is 7. The van der Waals surface area contributed by atoms with Gasteiger partial charge in [0.15, 0.2) is 0 Å². The van der Waals surface area contributed by atoms with Gasteiger partial charge in [0.1, 0.15) is 0 Å². The van der Waals surface area contributed by atoms with Gasteiger partial charge in [-0.25, -0.2) is 0 Å². The Morgan fingerprint density at radius 1 is 1.24 bits per heavy atom. The molecular weight excluding hydrogens is 270 g/mol. The molecule has 116 valence electrons. The van der Waals surface area contributed by atoms with Crippen molar-refractivity contribution in [2.24, 2.45) is 5.73 Å². The normalized spacial score (nSPS) is 11.8. The van der Waals surface area contributed by atoms with Crippen LogP contribution in [0.2, 0.25) is 0 Å². The lowest BCUT2D eigenvalue weighted by Crippen LogP contribution is -2.44. The molecule has 1 amide bonds. The van der Waals surface area contributed by atoms with Gasteiger partial charge in [0, 0.05) is 32.9 Å². The second-order valence-electron chi connectivity index (χ2n) is 5.12. The summed E-state index contributed by atoms with van der Waals surface area (Å²) in [5, 5.41) is 8.70. The fourth-order valence-electron chi connectivity index (χ4n) is 1.98. The highest BCUT2D eigenvalue weighted by atomic mass is 16.4. The fourth-order valence-corrected chi connectivity index (χ4v) is 1.98. The molecule has 1 aromatic carbocycles. The van der Waals surface area contributed by atoms with Crippen molar-refractivity contribution in [1.29, 1.82) is 0 Å². The van der Waals surface area contributed by atoms with E-state index in [-0.39, 0.29) is 12.3 Å². The molecule has 0 radical (unpaired) electrons. The number of carbonyl (C=O) groups excluding carboxylic acids is 1. The molecule has 0 aromatic heterocycles. The summed E-state index contributed by atoms with van der Waals surface area (Å²) in [5.74, 6) is -1.40. The number of likely N-dealkylation sites (N-methyl/N-ethyl adjacent to an activating group) is 1. The molecule has 0 aliphatic carbocycles. The monoisotopic (exact) mass is 293 g/mol. The van der Waals surface area contributed by atoms with Gasteiger partial charge in [-0.1, -0.05) is 12.1 Å². The average Bonchev–Trinajstić information content (AvgIpc) is 2.43.